The lowest BCUT2D eigenvalue weighted by Crippen LogP contribution is -2.40. The first-order valence-corrected chi connectivity index (χ1v) is 7.88. The van der Waals surface area contributed by atoms with Crippen LogP contribution in [0.3, 0.4) is 0 Å². The Kier molecular flexibility index (Phi) is 4.66. The van der Waals surface area contributed by atoms with Crippen LogP contribution in [0.25, 0.3) is 11.4 Å². The van der Waals surface area contributed by atoms with Gasteiger partial charge >= 0.3 is 0 Å². The van der Waals surface area contributed by atoms with Crippen molar-refractivity contribution in [2.45, 2.75) is 25.8 Å². The summed E-state index contributed by atoms with van der Waals surface area (Å²) in [7, 11) is 1.69. The zero-order valence-corrected chi connectivity index (χ0v) is 13.4. The lowest BCUT2D eigenvalue weighted by Gasteiger charge is -2.33. The fraction of sp³-hybridized carbons (Fsp3) is 0.500. The molecular weight excluding hydrogens is 294 g/mol. The first-order valence-electron chi connectivity index (χ1n) is 7.88. The van der Waals surface area contributed by atoms with Gasteiger partial charge in [-0.1, -0.05) is 5.16 Å². The standard InChI is InChI=1S/C16H21N5O2/c1-11(21-8-5-12(6-9-21)15(22)17-2)16-19-14(20-23-16)13-4-3-7-18-10-13/h3-4,7,10-12H,5-6,8-9H2,1-2H3,(H,17,22)/t11-/m1/s1. The third-order valence-electron chi connectivity index (χ3n) is 4.41. The van der Waals surface area contributed by atoms with Crippen LogP contribution in [0, 0.1) is 5.92 Å². The molecule has 3 heterocycles. The van der Waals surface area contributed by atoms with Crippen LogP contribution >= 0.6 is 0 Å². The van der Waals surface area contributed by atoms with E-state index < -0.39 is 0 Å². The quantitative estimate of drug-likeness (QED) is 0.923. The summed E-state index contributed by atoms with van der Waals surface area (Å²) in [6, 6.07) is 3.79. The van der Waals surface area contributed by atoms with E-state index in [1.807, 2.05) is 12.1 Å². The number of hydrogen-bond acceptors (Lipinski definition) is 6. The van der Waals surface area contributed by atoms with E-state index >= 15 is 0 Å². The lowest BCUT2D eigenvalue weighted by molar-refractivity contribution is -0.126. The highest BCUT2D eigenvalue weighted by Crippen LogP contribution is 2.27. The third-order valence-corrected chi connectivity index (χ3v) is 4.41. The first kappa shape index (κ1) is 15.6. The number of likely N-dealkylation sites (tertiary alicyclic amines) is 1. The van der Waals surface area contributed by atoms with E-state index in [0.717, 1.165) is 31.5 Å². The fourth-order valence-corrected chi connectivity index (χ4v) is 2.93. The van der Waals surface area contributed by atoms with E-state index in [2.05, 4.69) is 32.3 Å². The largest absolute Gasteiger partial charge is 0.359 e. The second kappa shape index (κ2) is 6.87. The van der Waals surface area contributed by atoms with Crippen molar-refractivity contribution < 1.29 is 9.32 Å². The molecule has 2 aromatic rings. The summed E-state index contributed by atoms with van der Waals surface area (Å²) in [5.41, 5.74) is 0.841. The number of nitrogens with one attached hydrogen (secondary N) is 1. The Balaban J connectivity index is 1.64. The van der Waals surface area contributed by atoms with E-state index in [-0.39, 0.29) is 17.9 Å². The van der Waals surface area contributed by atoms with Crippen molar-refractivity contribution in [3.8, 4) is 11.4 Å². The molecule has 1 amide bonds. The molecule has 0 bridgehead atoms. The van der Waals surface area contributed by atoms with Crippen LogP contribution in [0.2, 0.25) is 0 Å². The van der Waals surface area contributed by atoms with Crippen molar-refractivity contribution in [1.29, 1.82) is 0 Å². The Morgan fingerprint density at radius 1 is 1.43 bits per heavy atom. The monoisotopic (exact) mass is 315 g/mol. The summed E-state index contributed by atoms with van der Waals surface area (Å²) in [4.78, 5) is 22.5. The van der Waals surface area contributed by atoms with Crippen LogP contribution in [0.4, 0.5) is 0 Å². The number of aromatic nitrogens is 3. The minimum absolute atomic E-state index is 0.0403. The van der Waals surface area contributed by atoms with Crippen molar-refractivity contribution in [1.82, 2.24) is 25.3 Å². The lowest BCUT2D eigenvalue weighted by atomic mass is 9.95. The highest BCUT2D eigenvalue weighted by atomic mass is 16.5. The number of piperidine rings is 1. The topological polar surface area (TPSA) is 84.2 Å². The van der Waals surface area contributed by atoms with Crippen molar-refractivity contribution >= 4 is 5.91 Å². The molecule has 1 aliphatic rings. The van der Waals surface area contributed by atoms with Gasteiger partial charge in [0.2, 0.25) is 17.6 Å². The van der Waals surface area contributed by atoms with Crippen molar-refractivity contribution in [2.75, 3.05) is 20.1 Å². The number of nitrogens with zero attached hydrogens (tertiary/aromatic N) is 4. The molecule has 0 saturated carbocycles. The maximum absolute atomic E-state index is 11.7. The number of rotatable bonds is 4. The zero-order chi connectivity index (χ0) is 16.2. The van der Waals surface area contributed by atoms with Crippen LogP contribution in [-0.2, 0) is 4.79 Å². The minimum Gasteiger partial charge on any atom is -0.359 e. The highest BCUT2D eigenvalue weighted by Gasteiger charge is 2.29. The molecule has 3 rings (SSSR count). The predicted octanol–water partition coefficient (Wildman–Crippen LogP) is 1.65. The number of carbonyl (C=O) groups excluding carboxylic acids is 1. The smallest absolute Gasteiger partial charge is 0.244 e. The molecule has 0 unspecified atom stereocenters. The van der Waals surface area contributed by atoms with Gasteiger partial charge in [0.25, 0.3) is 0 Å². The number of carbonyl (C=O) groups is 1. The average molecular weight is 315 g/mol. The Morgan fingerprint density at radius 3 is 2.87 bits per heavy atom. The van der Waals surface area contributed by atoms with E-state index in [1.165, 1.54) is 0 Å². The van der Waals surface area contributed by atoms with Crippen LogP contribution in [0.15, 0.2) is 29.0 Å². The van der Waals surface area contributed by atoms with Crippen LogP contribution in [0.1, 0.15) is 31.7 Å². The molecule has 0 aromatic carbocycles. The van der Waals surface area contributed by atoms with E-state index in [0.29, 0.717) is 11.7 Å². The Morgan fingerprint density at radius 2 is 2.22 bits per heavy atom. The predicted molar refractivity (Wildman–Crippen MR) is 84.3 cm³/mol. The van der Waals surface area contributed by atoms with Crippen molar-refractivity contribution in [2.24, 2.45) is 5.92 Å². The Bertz CT molecular complexity index is 650. The molecule has 1 atom stereocenters. The number of hydrogen-bond donors (Lipinski definition) is 1. The van der Waals surface area contributed by atoms with Gasteiger partial charge in [0.05, 0.1) is 6.04 Å². The molecule has 122 valence electrons. The second-order valence-electron chi connectivity index (χ2n) is 5.80. The first-order chi connectivity index (χ1) is 11.2. The average Bonchev–Trinajstić information content (AvgIpc) is 3.11. The van der Waals surface area contributed by atoms with Gasteiger partial charge in [0, 0.05) is 30.9 Å². The van der Waals surface area contributed by atoms with E-state index in [1.54, 1.807) is 19.4 Å². The summed E-state index contributed by atoms with van der Waals surface area (Å²) >= 11 is 0. The van der Waals surface area contributed by atoms with Crippen molar-refractivity contribution in [3.05, 3.63) is 30.4 Å². The maximum atomic E-state index is 11.7. The molecule has 0 spiro atoms. The Labute approximate surface area is 135 Å². The molecule has 0 radical (unpaired) electrons. The summed E-state index contributed by atoms with van der Waals surface area (Å²) in [5, 5.41) is 6.77. The highest BCUT2D eigenvalue weighted by molar-refractivity contribution is 5.78. The molecular formula is C16H21N5O2. The SMILES string of the molecule is CNC(=O)C1CCN([C@H](C)c2nc(-c3cccnc3)no2)CC1. The zero-order valence-electron chi connectivity index (χ0n) is 13.4. The molecule has 7 heteroatoms. The van der Waals surface area contributed by atoms with E-state index in [4.69, 9.17) is 4.52 Å². The van der Waals surface area contributed by atoms with Gasteiger partial charge in [-0.15, -0.1) is 0 Å². The number of pyridine rings is 1. The number of amides is 1. The summed E-state index contributed by atoms with van der Waals surface area (Å²) < 4.78 is 5.42. The van der Waals surface area contributed by atoms with Gasteiger partial charge in [0.15, 0.2) is 0 Å². The summed E-state index contributed by atoms with van der Waals surface area (Å²) in [5.74, 6) is 1.40. The molecule has 7 nitrogen and oxygen atoms in total. The van der Waals surface area contributed by atoms with E-state index in [9.17, 15) is 4.79 Å². The molecule has 2 aromatic heterocycles. The summed E-state index contributed by atoms with van der Waals surface area (Å²) in [6.07, 6.45) is 5.14. The third kappa shape index (κ3) is 3.39. The van der Waals surface area contributed by atoms with Crippen LogP contribution < -0.4 is 5.32 Å². The summed E-state index contributed by atoms with van der Waals surface area (Å²) in [6.45, 7) is 3.76. The molecule has 1 N–H and O–H groups in total. The molecule has 1 fully saturated rings. The maximum Gasteiger partial charge on any atom is 0.244 e. The van der Waals surface area contributed by atoms with Gasteiger partial charge < -0.3 is 9.84 Å². The van der Waals surface area contributed by atoms with Gasteiger partial charge in [-0.3, -0.25) is 14.7 Å². The molecule has 23 heavy (non-hydrogen) atoms. The fourth-order valence-electron chi connectivity index (χ4n) is 2.93. The van der Waals surface area contributed by atoms with Crippen LogP contribution in [-0.4, -0.2) is 46.1 Å². The normalized spacial score (nSPS) is 17.8. The van der Waals surface area contributed by atoms with Gasteiger partial charge in [-0.05, 0) is 45.0 Å². The Hall–Kier alpha value is -2.28. The van der Waals surface area contributed by atoms with Gasteiger partial charge in [0.1, 0.15) is 0 Å². The molecule has 1 saturated heterocycles. The molecule has 1 aliphatic heterocycles. The van der Waals surface area contributed by atoms with Gasteiger partial charge in [-0.2, -0.15) is 4.98 Å². The minimum atomic E-state index is 0.0403. The van der Waals surface area contributed by atoms with Crippen LogP contribution in [0.5, 0.6) is 0 Å². The molecule has 0 aliphatic carbocycles. The second-order valence-corrected chi connectivity index (χ2v) is 5.80. The van der Waals surface area contributed by atoms with Crippen molar-refractivity contribution in [3.63, 3.8) is 0 Å². The van der Waals surface area contributed by atoms with Gasteiger partial charge in [-0.25, -0.2) is 0 Å².